The third-order valence-electron chi connectivity index (χ3n) is 2.55. The van der Waals surface area contributed by atoms with Gasteiger partial charge in [-0.05, 0) is 19.1 Å². The molecule has 17 heavy (non-hydrogen) atoms. The Labute approximate surface area is 97.3 Å². The minimum Gasteiger partial charge on any atom is -0.378 e. The van der Waals surface area contributed by atoms with Gasteiger partial charge in [-0.15, -0.1) is 10.2 Å². The van der Waals surface area contributed by atoms with Gasteiger partial charge in [-0.1, -0.05) is 0 Å². The summed E-state index contributed by atoms with van der Waals surface area (Å²) in [6.45, 7) is 2.25. The molecule has 0 atom stereocenters. The van der Waals surface area contributed by atoms with Crippen molar-refractivity contribution in [2.45, 2.75) is 13.5 Å². The van der Waals surface area contributed by atoms with Crippen molar-refractivity contribution in [3.05, 3.63) is 41.5 Å². The van der Waals surface area contributed by atoms with Crippen LogP contribution in [0.4, 0.5) is 14.5 Å². The van der Waals surface area contributed by atoms with Gasteiger partial charge in [0, 0.05) is 18.8 Å². The molecule has 0 amide bonds. The highest BCUT2D eigenvalue weighted by molar-refractivity contribution is 5.43. The summed E-state index contributed by atoms with van der Waals surface area (Å²) < 4.78 is 27.5. The van der Waals surface area contributed by atoms with Crippen LogP contribution >= 0.6 is 0 Å². The molecule has 1 aromatic heterocycles. The molecule has 0 fully saturated rings. The van der Waals surface area contributed by atoms with E-state index in [0.29, 0.717) is 12.2 Å². The number of anilines is 1. The molecule has 0 aliphatic heterocycles. The summed E-state index contributed by atoms with van der Waals surface area (Å²) >= 11 is 0. The first kappa shape index (κ1) is 11.5. The Hall–Kier alpha value is -1.98. The van der Waals surface area contributed by atoms with Crippen molar-refractivity contribution in [3.63, 3.8) is 0 Å². The molecule has 0 unspecified atom stereocenters. The van der Waals surface area contributed by atoms with Crippen LogP contribution in [0.25, 0.3) is 0 Å². The third-order valence-corrected chi connectivity index (χ3v) is 2.55. The summed E-state index contributed by atoms with van der Waals surface area (Å²) in [5.41, 5.74) is 0.504. The summed E-state index contributed by atoms with van der Waals surface area (Å²) in [6, 6.07) is 3.67. The predicted molar refractivity (Wildman–Crippen MR) is 59.4 cm³/mol. The van der Waals surface area contributed by atoms with E-state index in [1.54, 1.807) is 0 Å². The molecule has 0 radical (unpaired) electrons. The van der Waals surface area contributed by atoms with Gasteiger partial charge < -0.3 is 9.88 Å². The molecule has 0 aliphatic rings. The van der Waals surface area contributed by atoms with Gasteiger partial charge in [-0.25, -0.2) is 8.78 Å². The average molecular weight is 238 g/mol. The fourth-order valence-corrected chi connectivity index (χ4v) is 1.39. The molecule has 4 nitrogen and oxygen atoms in total. The number of nitrogens with one attached hydrogen (secondary N) is 1. The summed E-state index contributed by atoms with van der Waals surface area (Å²) in [4.78, 5) is 0. The van der Waals surface area contributed by atoms with Crippen LogP contribution in [0.5, 0.6) is 0 Å². The number of halogens is 2. The smallest absolute Gasteiger partial charge is 0.160 e. The second-order valence-corrected chi connectivity index (χ2v) is 3.70. The van der Waals surface area contributed by atoms with Crippen LogP contribution in [0.15, 0.2) is 18.2 Å². The molecule has 6 heteroatoms. The molecular weight excluding hydrogens is 226 g/mol. The van der Waals surface area contributed by atoms with Crippen molar-refractivity contribution in [3.8, 4) is 0 Å². The van der Waals surface area contributed by atoms with Crippen molar-refractivity contribution in [2.75, 3.05) is 5.32 Å². The van der Waals surface area contributed by atoms with Crippen LogP contribution in [0.1, 0.15) is 11.6 Å². The van der Waals surface area contributed by atoms with E-state index in [1.165, 1.54) is 6.07 Å². The second-order valence-electron chi connectivity index (χ2n) is 3.70. The zero-order valence-corrected chi connectivity index (χ0v) is 9.54. The van der Waals surface area contributed by atoms with E-state index in [-0.39, 0.29) is 0 Å². The standard InChI is InChI=1S/C11H12F2N4/c1-7-15-16-11(17(7)2)6-14-8-3-4-9(12)10(13)5-8/h3-5,14H,6H2,1-2H3. The molecule has 2 aromatic rings. The Morgan fingerprint density at radius 1 is 1.24 bits per heavy atom. The molecule has 1 N–H and O–H groups in total. The van der Waals surface area contributed by atoms with Gasteiger partial charge in [0.25, 0.3) is 0 Å². The van der Waals surface area contributed by atoms with Crippen LogP contribution in [-0.2, 0) is 13.6 Å². The van der Waals surface area contributed by atoms with Crippen LogP contribution in [0, 0.1) is 18.6 Å². The van der Waals surface area contributed by atoms with Gasteiger partial charge in [0.15, 0.2) is 17.5 Å². The van der Waals surface area contributed by atoms with Crippen LogP contribution < -0.4 is 5.32 Å². The summed E-state index contributed by atoms with van der Waals surface area (Å²) in [7, 11) is 1.84. The average Bonchev–Trinajstić information content (AvgIpc) is 2.62. The second kappa shape index (κ2) is 4.48. The Kier molecular flexibility index (Phi) is 3.03. The first-order valence-corrected chi connectivity index (χ1v) is 5.11. The molecule has 0 saturated carbocycles. The van der Waals surface area contributed by atoms with E-state index >= 15 is 0 Å². The number of aryl methyl sites for hydroxylation is 1. The van der Waals surface area contributed by atoms with Gasteiger partial charge in [-0.3, -0.25) is 0 Å². The zero-order valence-electron chi connectivity index (χ0n) is 9.54. The van der Waals surface area contributed by atoms with E-state index in [0.717, 1.165) is 23.8 Å². The Bertz CT molecular complexity index is 536. The minimum atomic E-state index is -0.871. The van der Waals surface area contributed by atoms with E-state index in [2.05, 4.69) is 15.5 Å². The highest BCUT2D eigenvalue weighted by Gasteiger charge is 2.06. The maximum absolute atomic E-state index is 12.9. The fourth-order valence-electron chi connectivity index (χ4n) is 1.39. The predicted octanol–water partition coefficient (Wildman–Crippen LogP) is 2.01. The molecule has 2 rings (SSSR count). The highest BCUT2D eigenvalue weighted by Crippen LogP contribution is 2.13. The molecule has 0 spiro atoms. The zero-order chi connectivity index (χ0) is 12.4. The number of hydrogen-bond donors (Lipinski definition) is 1. The van der Waals surface area contributed by atoms with Crippen molar-refractivity contribution in [1.29, 1.82) is 0 Å². The quantitative estimate of drug-likeness (QED) is 0.889. The number of hydrogen-bond acceptors (Lipinski definition) is 3. The lowest BCUT2D eigenvalue weighted by Crippen LogP contribution is -2.07. The number of rotatable bonds is 3. The van der Waals surface area contributed by atoms with Crippen LogP contribution in [-0.4, -0.2) is 14.8 Å². The lowest BCUT2D eigenvalue weighted by molar-refractivity contribution is 0.509. The van der Waals surface area contributed by atoms with Gasteiger partial charge in [0.2, 0.25) is 0 Å². The first-order chi connectivity index (χ1) is 8.08. The normalized spacial score (nSPS) is 10.6. The largest absolute Gasteiger partial charge is 0.378 e. The minimum absolute atomic E-state index is 0.405. The van der Waals surface area contributed by atoms with Crippen molar-refractivity contribution >= 4 is 5.69 Å². The Morgan fingerprint density at radius 2 is 2.00 bits per heavy atom. The topological polar surface area (TPSA) is 42.7 Å². The van der Waals surface area contributed by atoms with Gasteiger partial charge in [0.05, 0.1) is 6.54 Å². The summed E-state index contributed by atoms with van der Waals surface area (Å²) in [5.74, 6) is -0.200. The maximum Gasteiger partial charge on any atom is 0.160 e. The number of benzene rings is 1. The van der Waals surface area contributed by atoms with E-state index in [9.17, 15) is 8.78 Å². The molecular formula is C11H12F2N4. The van der Waals surface area contributed by atoms with Gasteiger partial charge in [-0.2, -0.15) is 0 Å². The SMILES string of the molecule is Cc1nnc(CNc2ccc(F)c(F)c2)n1C. The number of nitrogens with zero attached hydrogens (tertiary/aromatic N) is 3. The molecule has 0 saturated heterocycles. The van der Waals surface area contributed by atoms with Crippen LogP contribution in [0.3, 0.4) is 0 Å². The van der Waals surface area contributed by atoms with E-state index in [4.69, 9.17) is 0 Å². The van der Waals surface area contributed by atoms with E-state index in [1.807, 2.05) is 18.5 Å². The highest BCUT2D eigenvalue weighted by atomic mass is 19.2. The molecule has 1 heterocycles. The Morgan fingerprint density at radius 3 is 2.59 bits per heavy atom. The van der Waals surface area contributed by atoms with Crippen molar-refractivity contribution < 1.29 is 8.78 Å². The third kappa shape index (κ3) is 2.41. The van der Waals surface area contributed by atoms with Gasteiger partial charge in [0.1, 0.15) is 5.82 Å². The number of aromatic nitrogens is 3. The van der Waals surface area contributed by atoms with E-state index < -0.39 is 11.6 Å². The summed E-state index contributed by atoms with van der Waals surface area (Å²) in [5, 5.41) is 10.8. The molecule has 90 valence electrons. The van der Waals surface area contributed by atoms with Crippen molar-refractivity contribution in [2.24, 2.45) is 7.05 Å². The maximum atomic E-state index is 12.9. The summed E-state index contributed by atoms with van der Waals surface area (Å²) in [6.07, 6.45) is 0. The molecule has 1 aromatic carbocycles. The lowest BCUT2D eigenvalue weighted by atomic mass is 10.3. The monoisotopic (exact) mass is 238 g/mol. The van der Waals surface area contributed by atoms with Crippen LogP contribution in [0.2, 0.25) is 0 Å². The Balaban J connectivity index is 2.07. The molecule has 0 bridgehead atoms. The first-order valence-electron chi connectivity index (χ1n) is 5.11. The van der Waals surface area contributed by atoms with Crippen molar-refractivity contribution in [1.82, 2.24) is 14.8 Å². The lowest BCUT2D eigenvalue weighted by Gasteiger charge is -2.06. The fraction of sp³-hybridized carbons (Fsp3) is 0.273. The van der Waals surface area contributed by atoms with Gasteiger partial charge >= 0.3 is 0 Å². The molecule has 0 aliphatic carbocycles.